The third-order valence-electron chi connectivity index (χ3n) is 2.80. The molecule has 3 nitrogen and oxygen atoms in total. The van der Waals surface area contributed by atoms with E-state index in [9.17, 15) is 0 Å². The van der Waals surface area contributed by atoms with E-state index in [-0.39, 0.29) is 0 Å². The monoisotopic (exact) mass is 226 g/mol. The van der Waals surface area contributed by atoms with E-state index in [4.69, 9.17) is 10.5 Å². The molecule has 0 unspecified atom stereocenters. The van der Waals surface area contributed by atoms with E-state index in [1.165, 1.54) is 0 Å². The summed E-state index contributed by atoms with van der Waals surface area (Å²) in [6.07, 6.45) is 2.12. The van der Waals surface area contributed by atoms with Crippen LogP contribution in [0.25, 0.3) is 0 Å². The van der Waals surface area contributed by atoms with Crippen molar-refractivity contribution in [3.8, 4) is 0 Å². The Morgan fingerprint density at radius 2 is 2.07 bits per heavy atom. The van der Waals surface area contributed by atoms with Gasteiger partial charge in [0.25, 0.3) is 0 Å². The number of ether oxygens (including phenoxy) is 1. The molecule has 0 amide bonds. The fraction of sp³-hybridized carbons (Fsp3) is 0.727. The standard InChI is InChI=1S/C11H18N2OS/c1-7(2)11-13-9(10(12)15-11)8-3-5-14-6-4-8/h7-8H,3-6,12H2,1-2H3. The molecule has 1 aromatic heterocycles. The summed E-state index contributed by atoms with van der Waals surface area (Å²) in [6.45, 7) is 6.01. The molecular weight excluding hydrogens is 208 g/mol. The van der Waals surface area contributed by atoms with Crippen LogP contribution in [-0.4, -0.2) is 18.2 Å². The average molecular weight is 226 g/mol. The molecule has 0 radical (unpaired) electrons. The minimum Gasteiger partial charge on any atom is -0.389 e. The highest BCUT2D eigenvalue weighted by Gasteiger charge is 2.22. The minimum atomic E-state index is 0.478. The number of nitrogens with two attached hydrogens (primary N) is 1. The maximum atomic E-state index is 6.03. The van der Waals surface area contributed by atoms with Crippen LogP contribution < -0.4 is 5.73 Å². The number of nitrogens with zero attached hydrogens (tertiary/aromatic N) is 1. The van der Waals surface area contributed by atoms with E-state index in [0.29, 0.717) is 11.8 Å². The van der Waals surface area contributed by atoms with Crippen LogP contribution in [0.3, 0.4) is 0 Å². The number of hydrogen-bond donors (Lipinski definition) is 1. The lowest BCUT2D eigenvalue weighted by molar-refractivity contribution is 0.0847. The number of thiazole rings is 1. The highest BCUT2D eigenvalue weighted by atomic mass is 32.1. The Balaban J connectivity index is 2.19. The van der Waals surface area contributed by atoms with Gasteiger partial charge in [-0.3, -0.25) is 0 Å². The molecule has 84 valence electrons. The van der Waals surface area contributed by atoms with Gasteiger partial charge in [-0.2, -0.15) is 0 Å². The summed E-state index contributed by atoms with van der Waals surface area (Å²) in [7, 11) is 0. The van der Waals surface area contributed by atoms with Gasteiger partial charge in [0.2, 0.25) is 0 Å². The molecule has 0 aliphatic carbocycles. The van der Waals surface area contributed by atoms with Gasteiger partial charge in [0.15, 0.2) is 0 Å². The number of rotatable bonds is 2. The molecule has 1 saturated heterocycles. The summed E-state index contributed by atoms with van der Waals surface area (Å²) >= 11 is 1.64. The van der Waals surface area contributed by atoms with E-state index in [1.807, 2.05) is 0 Å². The quantitative estimate of drug-likeness (QED) is 0.843. The number of aromatic nitrogens is 1. The zero-order chi connectivity index (χ0) is 10.8. The highest BCUT2D eigenvalue weighted by molar-refractivity contribution is 7.15. The fourth-order valence-electron chi connectivity index (χ4n) is 1.87. The molecule has 2 N–H and O–H groups in total. The maximum absolute atomic E-state index is 6.03. The first-order valence-electron chi connectivity index (χ1n) is 5.52. The molecule has 1 aliphatic rings. The van der Waals surface area contributed by atoms with Crippen molar-refractivity contribution in [1.82, 2.24) is 4.98 Å². The molecule has 0 spiro atoms. The lowest BCUT2D eigenvalue weighted by atomic mass is 9.97. The van der Waals surface area contributed by atoms with Gasteiger partial charge in [-0.05, 0) is 12.8 Å². The first kappa shape index (κ1) is 10.9. The third kappa shape index (κ3) is 2.32. The SMILES string of the molecule is CC(C)c1nc(C2CCOCC2)c(N)s1. The second-order valence-electron chi connectivity index (χ2n) is 4.34. The van der Waals surface area contributed by atoms with Crippen molar-refractivity contribution in [2.24, 2.45) is 0 Å². The second kappa shape index (κ2) is 4.49. The van der Waals surface area contributed by atoms with E-state index >= 15 is 0 Å². The summed E-state index contributed by atoms with van der Waals surface area (Å²) in [5, 5.41) is 2.07. The molecule has 0 atom stereocenters. The normalized spacial score (nSPS) is 18.6. The summed E-state index contributed by atoms with van der Waals surface area (Å²) in [5.41, 5.74) is 7.14. The van der Waals surface area contributed by atoms with Crippen molar-refractivity contribution in [3.05, 3.63) is 10.7 Å². The predicted molar refractivity (Wildman–Crippen MR) is 63.4 cm³/mol. The average Bonchev–Trinajstić information content (AvgIpc) is 2.62. The maximum Gasteiger partial charge on any atom is 0.110 e. The Labute approximate surface area is 94.7 Å². The van der Waals surface area contributed by atoms with Gasteiger partial charge in [-0.25, -0.2) is 4.98 Å². The van der Waals surface area contributed by atoms with Crippen LogP contribution in [0.5, 0.6) is 0 Å². The number of anilines is 1. The van der Waals surface area contributed by atoms with Crippen LogP contribution in [0.15, 0.2) is 0 Å². The first-order chi connectivity index (χ1) is 7.18. The van der Waals surface area contributed by atoms with E-state index in [1.54, 1.807) is 11.3 Å². The van der Waals surface area contributed by atoms with Crippen LogP contribution >= 0.6 is 11.3 Å². The lowest BCUT2D eigenvalue weighted by Crippen LogP contribution is -2.15. The Morgan fingerprint density at radius 1 is 1.40 bits per heavy atom. The molecule has 1 aromatic rings. The molecule has 4 heteroatoms. The van der Waals surface area contributed by atoms with Crippen molar-refractivity contribution < 1.29 is 4.74 Å². The number of hydrogen-bond acceptors (Lipinski definition) is 4. The molecule has 0 bridgehead atoms. The van der Waals surface area contributed by atoms with E-state index in [0.717, 1.165) is 41.8 Å². The van der Waals surface area contributed by atoms with Crippen molar-refractivity contribution in [2.45, 2.75) is 38.5 Å². The molecule has 0 aromatic carbocycles. The molecule has 2 heterocycles. The minimum absolute atomic E-state index is 0.478. The summed E-state index contributed by atoms with van der Waals surface area (Å²) in [5.74, 6) is 0.994. The Kier molecular flexibility index (Phi) is 3.26. The molecular formula is C11H18N2OS. The fourth-order valence-corrected chi connectivity index (χ4v) is 2.79. The van der Waals surface area contributed by atoms with Crippen molar-refractivity contribution in [3.63, 3.8) is 0 Å². The van der Waals surface area contributed by atoms with Gasteiger partial charge in [0, 0.05) is 25.0 Å². The third-order valence-corrected chi connectivity index (χ3v) is 4.00. The van der Waals surface area contributed by atoms with Crippen molar-refractivity contribution in [1.29, 1.82) is 0 Å². The highest BCUT2D eigenvalue weighted by Crippen LogP contribution is 2.35. The van der Waals surface area contributed by atoms with E-state index in [2.05, 4.69) is 18.8 Å². The molecule has 0 saturated carbocycles. The lowest BCUT2D eigenvalue weighted by Gasteiger charge is -2.20. The van der Waals surface area contributed by atoms with Gasteiger partial charge in [0.05, 0.1) is 10.7 Å². The summed E-state index contributed by atoms with van der Waals surface area (Å²) < 4.78 is 5.35. The van der Waals surface area contributed by atoms with Gasteiger partial charge >= 0.3 is 0 Å². The van der Waals surface area contributed by atoms with Crippen molar-refractivity contribution >= 4 is 16.3 Å². The largest absolute Gasteiger partial charge is 0.389 e. The van der Waals surface area contributed by atoms with Crippen molar-refractivity contribution in [2.75, 3.05) is 18.9 Å². The topological polar surface area (TPSA) is 48.1 Å². The zero-order valence-electron chi connectivity index (χ0n) is 9.32. The Morgan fingerprint density at radius 3 is 2.60 bits per heavy atom. The molecule has 15 heavy (non-hydrogen) atoms. The summed E-state index contributed by atoms with van der Waals surface area (Å²) in [6, 6.07) is 0. The molecule has 1 aliphatic heterocycles. The number of nitrogen functional groups attached to an aromatic ring is 1. The van der Waals surface area contributed by atoms with Gasteiger partial charge < -0.3 is 10.5 Å². The Bertz CT molecular complexity index is 329. The predicted octanol–water partition coefficient (Wildman–Crippen LogP) is 2.74. The Hall–Kier alpha value is -0.610. The molecule has 2 rings (SSSR count). The first-order valence-corrected chi connectivity index (χ1v) is 6.34. The van der Waals surface area contributed by atoms with Crippen LogP contribution in [0, 0.1) is 0 Å². The van der Waals surface area contributed by atoms with Crippen LogP contribution in [0.2, 0.25) is 0 Å². The van der Waals surface area contributed by atoms with Crippen LogP contribution in [0.1, 0.15) is 49.2 Å². The van der Waals surface area contributed by atoms with E-state index < -0.39 is 0 Å². The zero-order valence-corrected chi connectivity index (χ0v) is 10.1. The van der Waals surface area contributed by atoms with Crippen LogP contribution in [0.4, 0.5) is 5.00 Å². The van der Waals surface area contributed by atoms with Gasteiger partial charge in [0.1, 0.15) is 5.00 Å². The smallest absolute Gasteiger partial charge is 0.110 e. The van der Waals surface area contributed by atoms with Gasteiger partial charge in [-0.1, -0.05) is 13.8 Å². The molecule has 1 fully saturated rings. The van der Waals surface area contributed by atoms with Crippen LogP contribution in [-0.2, 0) is 4.74 Å². The summed E-state index contributed by atoms with van der Waals surface area (Å²) in [4.78, 5) is 4.67. The van der Waals surface area contributed by atoms with Gasteiger partial charge in [-0.15, -0.1) is 11.3 Å². The second-order valence-corrected chi connectivity index (χ2v) is 5.41.